The van der Waals surface area contributed by atoms with Crippen LogP contribution < -0.4 is 0 Å². The van der Waals surface area contributed by atoms with Gasteiger partial charge >= 0.3 is 0 Å². The Labute approximate surface area is 104 Å². The van der Waals surface area contributed by atoms with E-state index < -0.39 is 9.05 Å². The number of aromatic nitrogens is 1. The third kappa shape index (κ3) is 2.61. The summed E-state index contributed by atoms with van der Waals surface area (Å²) in [7, 11) is 1.54. The molecule has 0 aliphatic rings. The smallest absolute Gasteiger partial charge is 0.265 e. The maximum atomic E-state index is 11.3. The van der Waals surface area contributed by atoms with Crippen molar-refractivity contribution in [2.24, 2.45) is 0 Å². The summed E-state index contributed by atoms with van der Waals surface area (Å²) in [4.78, 5) is 4.21. The van der Waals surface area contributed by atoms with Gasteiger partial charge in [-0.3, -0.25) is 0 Å². The number of hydrogen-bond donors (Lipinski definition) is 0. The van der Waals surface area contributed by atoms with E-state index in [1.807, 2.05) is 0 Å². The van der Waals surface area contributed by atoms with Crippen molar-refractivity contribution in [1.29, 1.82) is 0 Å². The minimum atomic E-state index is -3.80. The van der Waals surface area contributed by atoms with Crippen molar-refractivity contribution >= 4 is 30.8 Å². The van der Waals surface area contributed by atoms with Crippen LogP contribution in [-0.2, 0) is 15.5 Å². The summed E-state index contributed by atoms with van der Waals surface area (Å²) in [6, 6.07) is 4.73. The summed E-state index contributed by atoms with van der Waals surface area (Å²) >= 11 is 0. The molecule has 2 aromatic rings. The molecule has 0 radical (unpaired) electrons. The van der Waals surface area contributed by atoms with Crippen LogP contribution in [0.15, 0.2) is 27.5 Å². The molecule has 4 nitrogen and oxygen atoms in total. The molecule has 1 aromatic heterocycles. The lowest BCUT2D eigenvalue weighted by Gasteiger charge is -1.95. The lowest BCUT2D eigenvalue weighted by molar-refractivity contribution is 0.512. The van der Waals surface area contributed by atoms with Crippen molar-refractivity contribution < 1.29 is 12.8 Å². The van der Waals surface area contributed by atoms with Gasteiger partial charge in [0, 0.05) is 17.1 Å². The Morgan fingerprint density at radius 1 is 1.41 bits per heavy atom. The Balaban J connectivity index is 2.53. The van der Waals surface area contributed by atoms with Crippen molar-refractivity contribution in [3.05, 3.63) is 24.1 Å². The molecule has 92 valence electrons. The molecule has 0 spiro atoms. The third-order valence-electron chi connectivity index (χ3n) is 2.43. The molecule has 0 fully saturated rings. The number of oxazole rings is 1. The van der Waals surface area contributed by atoms with Gasteiger partial charge in [0.1, 0.15) is 10.4 Å². The van der Waals surface area contributed by atoms with Crippen LogP contribution in [0.5, 0.6) is 0 Å². The minimum Gasteiger partial charge on any atom is -0.439 e. The number of benzene rings is 1. The molecule has 0 unspecified atom stereocenters. The molecular formula is C11H12ClNO3S. The van der Waals surface area contributed by atoms with Crippen LogP contribution >= 0.6 is 10.7 Å². The van der Waals surface area contributed by atoms with Crippen molar-refractivity contribution in [3.8, 4) is 0 Å². The van der Waals surface area contributed by atoms with E-state index in [4.69, 9.17) is 15.1 Å². The molecule has 0 atom stereocenters. The number of hydrogen-bond acceptors (Lipinski definition) is 4. The van der Waals surface area contributed by atoms with Crippen LogP contribution in [0.3, 0.4) is 0 Å². The average Bonchev–Trinajstić information content (AvgIpc) is 2.66. The highest BCUT2D eigenvalue weighted by molar-refractivity contribution is 8.13. The fourth-order valence-electron chi connectivity index (χ4n) is 1.60. The van der Waals surface area contributed by atoms with E-state index in [1.54, 1.807) is 12.1 Å². The number of para-hydroxylation sites is 1. The zero-order chi connectivity index (χ0) is 12.5. The van der Waals surface area contributed by atoms with Gasteiger partial charge in [0.25, 0.3) is 9.05 Å². The SMILES string of the molecule is CCCCc1nc2cccc(S(=O)(=O)Cl)c2o1. The predicted molar refractivity (Wildman–Crippen MR) is 65.7 cm³/mol. The Morgan fingerprint density at radius 3 is 2.82 bits per heavy atom. The van der Waals surface area contributed by atoms with Crippen molar-refractivity contribution in [1.82, 2.24) is 4.98 Å². The van der Waals surface area contributed by atoms with Gasteiger partial charge in [0.15, 0.2) is 11.5 Å². The van der Waals surface area contributed by atoms with E-state index in [0.29, 0.717) is 17.8 Å². The molecule has 0 saturated carbocycles. The lowest BCUT2D eigenvalue weighted by Crippen LogP contribution is -1.90. The topological polar surface area (TPSA) is 60.2 Å². The summed E-state index contributed by atoms with van der Waals surface area (Å²) < 4.78 is 28.1. The van der Waals surface area contributed by atoms with Crippen molar-refractivity contribution in [2.45, 2.75) is 31.1 Å². The molecular weight excluding hydrogens is 262 g/mol. The maximum Gasteiger partial charge on any atom is 0.265 e. The van der Waals surface area contributed by atoms with Gasteiger partial charge in [0.2, 0.25) is 0 Å². The largest absolute Gasteiger partial charge is 0.439 e. The number of aryl methyl sites for hydroxylation is 1. The first kappa shape index (κ1) is 12.4. The van der Waals surface area contributed by atoms with Crippen LogP contribution in [0.25, 0.3) is 11.1 Å². The van der Waals surface area contributed by atoms with Gasteiger partial charge < -0.3 is 4.42 Å². The molecule has 17 heavy (non-hydrogen) atoms. The highest BCUT2D eigenvalue weighted by Crippen LogP contribution is 2.26. The van der Waals surface area contributed by atoms with Crippen LogP contribution in [0.2, 0.25) is 0 Å². The van der Waals surface area contributed by atoms with Crippen molar-refractivity contribution in [2.75, 3.05) is 0 Å². The molecule has 6 heteroatoms. The molecule has 0 aliphatic carbocycles. The zero-order valence-electron chi connectivity index (χ0n) is 9.31. The highest BCUT2D eigenvalue weighted by Gasteiger charge is 2.18. The van der Waals surface area contributed by atoms with Crippen LogP contribution in [0.4, 0.5) is 0 Å². The monoisotopic (exact) mass is 273 g/mol. The van der Waals surface area contributed by atoms with Gasteiger partial charge in [0.05, 0.1) is 0 Å². The van der Waals surface area contributed by atoms with E-state index in [2.05, 4.69) is 11.9 Å². The van der Waals surface area contributed by atoms with Gasteiger partial charge in [-0.05, 0) is 18.6 Å². The zero-order valence-corrected chi connectivity index (χ0v) is 10.9. The van der Waals surface area contributed by atoms with Crippen LogP contribution in [-0.4, -0.2) is 13.4 Å². The maximum absolute atomic E-state index is 11.3. The Morgan fingerprint density at radius 2 is 2.18 bits per heavy atom. The van der Waals surface area contributed by atoms with Gasteiger partial charge in [-0.2, -0.15) is 0 Å². The first-order chi connectivity index (χ1) is 8.02. The summed E-state index contributed by atoms with van der Waals surface area (Å²) in [5.74, 6) is 0.551. The Bertz CT molecular complexity index is 633. The molecule has 0 N–H and O–H groups in total. The van der Waals surface area contributed by atoms with E-state index in [-0.39, 0.29) is 10.5 Å². The quantitative estimate of drug-likeness (QED) is 0.803. The Hall–Kier alpha value is -1.07. The molecule has 2 rings (SSSR count). The second-order valence-electron chi connectivity index (χ2n) is 3.75. The van der Waals surface area contributed by atoms with E-state index in [9.17, 15) is 8.42 Å². The number of unbranched alkanes of at least 4 members (excludes halogenated alkanes) is 1. The number of fused-ring (bicyclic) bond motifs is 1. The fourth-order valence-corrected chi connectivity index (χ4v) is 2.57. The van der Waals surface area contributed by atoms with E-state index >= 15 is 0 Å². The number of rotatable bonds is 4. The molecule has 0 bridgehead atoms. The summed E-state index contributed by atoms with van der Waals surface area (Å²) in [5.41, 5.74) is 0.770. The minimum absolute atomic E-state index is 0.0214. The predicted octanol–water partition coefficient (Wildman–Crippen LogP) is 3.10. The third-order valence-corrected chi connectivity index (χ3v) is 3.78. The van der Waals surface area contributed by atoms with E-state index in [0.717, 1.165) is 12.8 Å². The summed E-state index contributed by atoms with van der Waals surface area (Å²) in [6.45, 7) is 2.07. The molecule has 0 amide bonds. The molecule has 0 saturated heterocycles. The lowest BCUT2D eigenvalue weighted by atomic mass is 10.2. The first-order valence-corrected chi connectivity index (χ1v) is 7.66. The van der Waals surface area contributed by atoms with Crippen LogP contribution in [0.1, 0.15) is 25.7 Å². The van der Waals surface area contributed by atoms with Crippen molar-refractivity contribution in [3.63, 3.8) is 0 Å². The molecule has 1 aromatic carbocycles. The summed E-state index contributed by atoms with van der Waals surface area (Å²) in [6.07, 6.45) is 2.68. The number of nitrogens with zero attached hydrogens (tertiary/aromatic N) is 1. The normalized spacial score (nSPS) is 12.1. The highest BCUT2D eigenvalue weighted by atomic mass is 35.7. The second-order valence-corrected chi connectivity index (χ2v) is 6.29. The second kappa shape index (κ2) is 4.66. The summed E-state index contributed by atoms with van der Waals surface area (Å²) in [5, 5.41) is 0. The average molecular weight is 274 g/mol. The molecule has 1 heterocycles. The fraction of sp³-hybridized carbons (Fsp3) is 0.364. The van der Waals surface area contributed by atoms with E-state index in [1.165, 1.54) is 6.07 Å². The first-order valence-electron chi connectivity index (χ1n) is 5.35. The van der Waals surface area contributed by atoms with Gasteiger partial charge in [-0.25, -0.2) is 13.4 Å². The number of halogens is 1. The Kier molecular flexibility index (Phi) is 3.40. The van der Waals surface area contributed by atoms with Gasteiger partial charge in [-0.15, -0.1) is 0 Å². The molecule has 0 aliphatic heterocycles. The van der Waals surface area contributed by atoms with Crippen LogP contribution in [0, 0.1) is 0 Å². The van der Waals surface area contributed by atoms with Gasteiger partial charge in [-0.1, -0.05) is 19.4 Å². The standard InChI is InChI=1S/C11H12ClNO3S/c1-2-3-7-10-13-8-5-4-6-9(11(8)16-10)17(12,14)15/h4-6H,2-3,7H2,1H3.